The Morgan fingerprint density at radius 3 is 2.04 bits per heavy atom. The summed E-state index contributed by atoms with van der Waals surface area (Å²) in [5.74, 6) is 0.614. The van der Waals surface area contributed by atoms with E-state index in [4.69, 9.17) is 4.42 Å². The SMILES string of the molecule is Cc1ccc(C=NNC(=O)C(O)(c2ccccc2)c2ccccc2)o1. The van der Waals surface area contributed by atoms with Crippen LogP contribution >= 0.6 is 0 Å². The van der Waals surface area contributed by atoms with Crippen LogP contribution in [0.4, 0.5) is 0 Å². The molecule has 5 nitrogen and oxygen atoms in total. The number of carbonyl (C=O) groups excluding carboxylic acids is 1. The van der Waals surface area contributed by atoms with Crippen molar-refractivity contribution in [1.29, 1.82) is 0 Å². The molecule has 5 heteroatoms. The number of hydrogen-bond acceptors (Lipinski definition) is 4. The maximum Gasteiger partial charge on any atom is 0.281 e. The Balaban J connectivity index is 1.89. The summed E-state index contributed by atoms with van der Waals surface area (Å²) in [6.07, 6.45) is 1.39. The molecule has 0 saturated heterocycles. The lowest BCUT2D eigenvalue weighted by Gasteiger charge is -2.26. The number of amides is 1. The molecule has 1 heterocycles. The molecule has 0 aliphatic heterocycles. The molecule has 0 bridgehead atoms. The van der Waals surface area contributed by atoms with E-state index in [1.165, 1.54) is 6.21 Å². The molecule has 3 rings (SSSR count). The molecule has 0 aliphatic carbocycles. The number of nitrogens with one attached hydrogen (secondary N) is 1. The second-order valence-corrected chi connectivity index (χ2v) is 5.59. The van der Waals surface area contributed by atoms with Crippen molar-refractivity contribution in [2.75, 3.05) is 0 Å². The van der Waals surface area contributed by atoms with Crippen molar-refractivity contribution in [3.8, 4) is 0 Å². The normalized spacial score (nSPS) is 11.6. The molecule has 1 aromatic heterocycles. The van der Waals surface area contributed by atoms with Crippen molar-refractivity contribution in [3.63, 3.8) is 0 Å². The van der Waals surface area contributed by atoms with Crippen LogP contribution in [0.5, 0.6) is 0 Å². The average molecular weight is 334 g/mol. The minimum atomic E-state index is -1.85. The maximum atomic E-state index is 12.8. The minimum Gasteiger partial charge on any atom is -0.460 e. The maximum absolute atomic E-state index is 12.8. The van der Waals surface area contributed by atoms with E-state index in [1.807, 2.05) is 19.1 Å². The van der Waals surface area contributed by atoms with Gasteiger partial charge in [0.25, 0.3) is 5.91 Å². The van der Waals surface area contributed by atoms with Gasteiger partial charge in [0.2, 0.25) is 0 Å². The van der Waals surface area contributed by atoms with Crippen molar-refractivity contribution in [3.05, 3.63) is 95.4 Å². The Morgan fingerprint density at radius 1 is 1.00 bits per heavy atom. The standard InChI is InChI=1S/C20H18N2O3/c1-15-12-13-18(25-15)14-21-22-19(23)20(24,16-8-4-2-5-9-16)17-10-6-3-7-11-17/h2-14,24H,1H3,(H,22,23). The second-order valence-electron chi connectivity index (χ2n) is 5.59. The first kappa shape index (κ1) is 16.7. The highest BCUT2D eigenvalue weighted by Gasteiger charge is 2.39. The van der Waals surface area contributed by atoms with Crippen molar-refractivity contribution < 1.29 is 14.3 Å². The molecular weight excluding hydrogens is 316 g/mol. The van der Waals surface area contributed by atoms with Crippen LogP contribution in [0.1, 0.15) is 22.6 Å². The highest BCUT2D eigenvalue weighted by molar-refractivity contribution is 5.90. The van der Waals surface area contributed by atoms with Crippen LogP contribution in [0.3, 0.4) is 0 Å². The van der Waals surface area contributed by atoms with Gasteiger partial charge in [-0.15, -0.1) is 0 Å². The predicted octanol–water partition coefficient (Wildman–Crippen LogP) is 2.97. The van der Waals surface area contributed by atoms with Gasteiger partial charge in [-0.2, -0.15) is 5.10 Å². The molecule has 0 unspecified atom stereocenters. The second kappa shape index (κ2) is 7.15. The molecule has 0 spiro atoms. The number of rotatable bonds is 5. The highest BCUT2D eigenvalue weighted by atomic mass is 16.3. The summed E-state index contributed by atoms with van der Waals surface area (Å²) in [6, 6.07) is 21.1. The Morgan fingerprint density at radius 2 is 1.56 bits per heavy atom. The zero-order valence-electron chi connectivity index (χ0n) is 13.7. The van der Waals surface area contributed by atoms with E-state index in [-0.39, 0.29) is 0 Å². The zero-order chi connectivity index (χ0) is 17.7. The Kier molecular flexibility index (Phi) is 4.77. The van der Waals surface area contributed by atoms with Crippen LogP contribution in [-0.4, -0.2) is 17.2 Å². The first-order valence-corrected chi connectivity index (χ1v) is 7.84. The van der Waals surface area contributed by atoms with Gasteiger partial charge in [-0.1, -0.05) is 60.7 Å². The van der Waals surface area contributed by atoms with Crippen molar-refractivity contribution in [2.45, 2.75) is 12.5 Å². The van der Waals surface area contributed by atoms with E-state index in [9.17, 15) is 9.90 Å². The van der Waals surface area contributed by atoms with Crippen molar-refractivity contribution in [1.82, 2.24) is 5.43 Å². The quantitative estimate of drug-likeness (QED) is 0.556. The monoisotopic (exact) mass is 334 g/mol. The summed E-state index contributed by atoms with van der Waals surface area (Å²) in [5.41, 5.74) is 1.47. The third-order valence-corrected chi connectivity index (χ3v) is 3.83. The van der Waals surface area contributed by atoms with Crippen LogP contribution in [0.2, 0.25) is 0 Å². The van der Waals surface area contributed by atoms with E-state index in [1.54, 1.807) is 60.7 Å². The van der Waals surface area contributed by atoms with E-state index in [2.05, 4.69) is 10.5 Å². The number of aliphatic hydroxyl groups is 1. The fourth-order valence-corrected chi connectivity index (χ4v) is 2.55. The van der Waals surface area contributed by atoms with Gasteiger partial charge in [0.1, 0.15) is 11.5 Å². The first-order valence-electron chi connectivity index (χ1n) is 7.84. The number of benzene rings is 2. The van der Waals surface area contributed by atoms with Crippen LogP contribution in [0.25, 0.3) is 0 Å². The van der Waals surface area contributed by atoms with Gasteiger partial charge in [-0.3, -0.25) is 4.79 Å². The summed E-state index contributed by atoms with van der Waals surface area (Å²) < 4.78 is 5.36. The molecule has 2 N–H and O–H groups in total. The third kappa shape index (κ3) is 3.51. The average Bonchev–Trinajstić information content (AvgIpc) is 3.07. The van der Waals surface area contributed by atoms with Gasteiger partial charge < -0.3 is 9.52 Å². The summed E-state index contributed by atoms with van der Waals surface area (Å²) in [6.45, 7) is 1.82. The molecular formula is C20H18N2O3. The van der Waals surface area contributed by atoms with Crippen LogP contribution in [0, 0.1) is 6.92 Å². The number of hydrogen-bond donors (Lipinski definition) is 2. The molecule has 126 valence electrons. The molecule has 3 aromatic rings. The minimum absolute atomic E-state index is 0.461. The molecule has 0 saturated carbocycles. The van der Waals surface area contributed by atoms with Gasteiger partial charge in [-0.25, -0.2) is 5.43 Å². The predicted molar refractivity (Wildman–Crippen MR) is 95.1 cm³/mol. The van der Waals surface area contributed by atoms with Gasteiger partial charge in [0.05, 0.1) is 6.21 Å². The molecule has 0 atom stereocenters. The smallest absolute Gasteiger partial charge is 0.281 e. The lowest BCUT2D eigenvalue weighted by molar-refractivity contribution is -0.136. The lowest BCUT2D eigenvalue weighted by atomic mass is 9.85. The zero-order valence-corrected chi connectivity index (χ0v) is 13.7. The van der Waals surface area contributed by atoms with E-state index < -0.39 is 11.5 Å². The fourth-order valence-electron chi connectivity index (χ4n) is 2.55. The molecule has 0 radical (unpaired) electrons. The number of furan rings is 1. The Labute approximate surface area is 145 Å². The van der Waals surface area contributed by atoms with Gasteiger partial charge in [0, 0.05) is 0 Å². The highest BCUT2D eigenvalue weighted by Crippen LogP contribution is 2.29. The summed E-state index contributed by atoms with van der Waals surface area (Å²) in [7, 11) is 0. The number of hydrazone groups is 1. The molecule has 25 heavy (non-hydrogen) atoms. The number of nitrogens with zero attached hydrogens (tertiary/aromatic N) is 1. The van der Waals surface area contributed by atoms with Gasteiger partial charge in [0.15, 0.2) is 5.60 Å². The van der Waals surface area contributed by atoms with Crippen LogP contribution in [0.15, 0.2) is 82.3 Å². The molecule has 1 amide bonds. The van der Waals surface area contributed by atoms with E-state index >= 15 is 0 Å². The largest absolute Gasteiger partial charge is 0.460 e. The first-order chi connectivity index (χ1) is 12.1. The Bertz CT molecular complexity index is 831. The van der Waals surface area contributed by atoms with Crippen LogP contribution in [-0.2, 0) is 10.4 Å². The van der Waals surface area contributed by atoms with Crippen molar-refractivity contribution in [2.24, 2.45) is 5.10 Å². The van der Waals surface area contributed by atoms with Gasteiger partial charge in [-0.05, 0) is 30.2 Å². The molecule has 2 aromatic carbocycles. The number of aryl methyl sites for hydroxylation is 1. The van der Waals surface area contributed by atoms with Crippen LogP contribution < -0.4 is 5.43 Å². The summed E-state index contributed by atoms with van der Waals surface area (Å²) in [5, 5.41) is 15.1. The summed E-state index contributed by atoms with van der Waals surface area (Å²) >= 11 is 0. The topological polar surface area (TPSA) is 74.8 Å². The number of carbonyl (C=O) groups is 1. The molecule has 0 aliphatic rings. The Hall–Kier alpha value is -3.18. The third-order valence-electron chi connectivity index (χ3n) is 3.83. The van der Waals surface area contributed by atoms with E-state index in [0.29, 0.717) is 16.9 Å². The molecule has 0 fully saturated rings. The lowest BCUT2D eigenvalue weighted by Crippen LogP contribution is -2.43. The fraction of sp³-hybridized carbons (Fsp3) is 0.100. The van der Waals surface area contributed by atoms with Crippen molar-refractivity contribution >= 4 is 12.1 Å². The van der Waals surface area contributed by atoms with Gasteiger partial charge >= 0.3 is 0 Å². The summed E-state index contributed by atoms with van der Waals surface area (Å²) in [4.78, 5) is 12.8. The van der Waals surface area contributed by atoms with E-state index in [0.717, 1.165) is 5.76 Å².